The Hall–Kier alpha value is -2.05. The Morgan fingerprint density at radius 2 is 1.86 bits per heavy atom. The van der Waals surface area contributed by atoms with E-state index in [1.807, 2.05) is 0 Å². The van der Waals surface area contributed by atoms with E-state index < -0.39 is 22.0 Å². The molecule has 28 heavy (non-hydrogen) atoms. The highest BCUT2D eigenvalue weighted by Gasteiger charge is 2.41. The summed E-state index contributed by atoms with van der Waals surface area (Å²) < 4.78 is 27.7. The van der Waals surface area contributed by atoms with Gasteiger partial charge in [-0.1, -0.05) is 6.07 Å². The molecule has 1 saturated heterocycles. The summed E-state index contributed by atoms with van der Waals surface area (Å²) in [6.45, 7) is -0.164. The molecule has 1 aromatic carbocycles. The van der Waals surface area contributed by atoms with Gasteiger partial charge in [0.1, 0.15) is 6.04 Å². The summed E-state index contributed by atoms with van der Waals surface area (Å²) in [6.07, 6.45) is 1.62. The summed E-state index contributed by atoms with van der Waals surface area (Å²) in [5.74, 6) is -1.57. The number of carboxylic acids is 1. The molecule has 0 spiro atoms. The fourth-order valence-electron chi connectivity index (χ4n) is 2.99. The fourth-order valence-corrected chi connectivity index (χ4v) is 4.92. The molecule has 0 saturated carbocycles. The second-order valence-electron chi connectivity index (χ2n) is 6.26. The zero-order valence-corrected chi connectivity index (χ0v) is 17.7. The molecule has 2 heterocycles. The largest absolute Gasteiger partial charge is 0.480 e. The molecule has 1 aliphatic heterocycles. The molecule has 10 heteroatoms. The van der Waals surface area contributed by atoms with E-state index in [0.717, 1.165) is 7.88 Å². The summed E-state index contributed by atoms with van der Waals surface area (Å²) in [7, 11) is -3.98. The lowest BCUT2D eigenvalue weighted by Crippen LogP contribution is -2.59. The third kappa shape index (κ3) is 4.50. The number of amides is 1. The molecule has 1 aromatic heterocycles. The number of pyridine rings is 1. The summed E-state index contributed by atoms with van der Waals surface area (Å²) in [6, 6.07) is 10.1. The molecule has 1 aliphatic rings. The van der Waals surface area contributed by atoms with Gasteiger partial charge in [0.25, 0.3) is 0 Å². The maximum absolute atomic E-state index is 12.9. The SMILES string of the molecule is O=C(O)C1CN(C(=O)Cc2ccccn2)CCN1S(=O)(=O)c1ccc(I)cc1. The lowest BCUT2D eigenvalue weighted by atomic mass is 10.2. The Kier molecular flexibility index (Phi) is 6.30. The summed E-state index contributed by atoms with van der Waals surface area (Å²) in [5.41, 5.74) is 0.577. The molecular weight excluding hydrogens is 497 g/mol. The van der Waals surface area contributed by atoms with Crippen molar-refractivity contribution in [2.45, 2.75) is 17.4 Å². The van der Waals surface area contributed by atoms with Crippen molar-refractivity contribution in [1.29, 1.82) is 0 Å². The quantitative estimate of drug-likeness (QED) is 0.601. The Balaban J connectivity index is 1.78. The van der Waals surface area contributed by atoms with Crippen LogP contribution in [0.3, 0.4) is 0 Å². The van der Waals surface area contributed by atoms with Crippen LogP contribution in [0.5, 0.6) is 0 Å². The second-order valence-corrected chi connectivity index (χ2v) is 9.40. The molecule has 1 atom stereocenters. The number of carbonyl (C=O) groups excluding carboxylic acids is 1. The number of halogens is 1. The Morgan fingerprint density at radius 1 is 1.14 bits per heavy atom. The van der Waals surface area contributed by atoms with Crippen LogP contribution in [-0.4, -0.2) is 65.3 Å². The highest BCUT2D eigenvalue weighted by Crippen LogP contribution is 2.23. The number of carbonyl (C=O) groups is 2. The van der Waals surface area contributed by atoms with Gasteiger partial charge in [-0.3, -0.25) is 14.6 Å². The minimum atomic E-state index is -3.98. The van der Waals surface area contributed by atoms with Gasteiger partial charge < -0.3 is 10.0 Å². The molecule has 2 aromatic rings. The van der Waals surface area contributed by atoms with Crippen LogP contribution in [0.25, 0.3) is 0 Å². The Morgan fingerprint density at radius 3 is 2.46 bits per heavy atom. The number of rotatable bonds is 5. The van der Waals surface area contributed by atoms with Crippen LogP contribution in [0.1, 0.15) is 5.69 Å². The van der Waals surface area contributed by atoms with Crippen molar-refractivity contribution in [2.75, 3.05) is 19.6 Å². The van der Waals surface area contributed by atoms with Crippen molar-refractivity contribution < 1.29 is 23.1 Å². The second kappa shape index (κ2) is 8.53. The van der Waals surface area contributed by atoms with Gasteiger partial charge in [0.05, 0.1) is 11.3 Å². The monoisotopic (exact) mass is 515 g/mol. The zero-order chi connectivity index (χ0) is 20.3. The van der Waals surface area contributed by atoms with Gasteiger partial charge in [0.15, 0.2) is 0 Å². The first-order valence-corrected chi connectivity index (χ1v) is 11.0. The van der Waals surface area contributed by atoms with E-state index in [9.17, 15) is 23.1 Å². The number of hydrogen-bond acceptors (Lipinski definition) is 5. The van der Waals surface area contributed by atoms with Crippen molar-refractivity contribution in [1.82, 2.24) is 14.2 Å². The van der Waals surface area contributed by atoms with Gasteiger partial charge in [-0.25, -0.2) is 8.42 Å². The Labute approximate surface area is 176 Å². The van der Waals surface area contributed by atoms with Gasteiger partial charge in [0, 0.05) is 35.1 Å². The van der Waals surface area contributed by atoms with Crippen molar-refractivity contribution in [2.24, 2.45) is 0 Å². The molecule has 1 amide bonds. The highest BCUT2D eigenvalue weighted by molar-refractivity contribution is 14.1. The predicted molar refractivity (Wildman–Crippen MR) is 109 cm³/mol. The van der Waals surface area contributed by atoms with E-state index in [0.29, 0.717) is 5.69 Å². The van der Waals surface area contributed by atoms with Crippen molar-refractivity contribution in [3.63, 3.8) is 0 Å². The van der Waals surface area contributed by atoms with Crippen LogP contribution in [-0.2, 0) is 26.0 Å². The maximum Gasteiger partial charge on any atom is 0.323 e. The van der Waals surface area contributed by atoms with Gasteiger partial charge >= 0.3 is 5.97 Å². The van der Waals surface area contributed by atoms with E-state index in [1.165, 1.54) is 17.0 Å². The van der Waals surface area contributed by atoms with Crippen LogP contribution >= 0.6 is 22.6 Å². The number of hydrogen-bond donors (Lipinski definition) is 1. The Bertz CT molecular complexity index is 966. The van der Waals surface area contributed by atoms with E-state index in [-0.39, 0.29) is 36.9 Å². The fraction of sp³-hybridized carbons (Fsp3) is 0.278. The van der Waals surface area contributed by atoms with Crippen LogP contribution < -0.4 is 0 Å². The van der Waals surface area contributed by atoms with Crippen LogP contribution in [0.4, 0.5) is 0 Å². The van der Waals surface area contributed by atoms with E-state index >= 15 is 0 Å². The average molecular weight is 515 g/mol. The van der Waals surface area contributed by atoms with E-state index in [2.05, 4.69) is 27.6 Å². The average Bonchev–Trinajstić information content (AvgIpc) is 2.68. The molecule has 3 rings (SSSR count). The summed E-state index contributed by atoms with van der Waals surface area (Å²) in [4.78, 5) is 29.8. The first-order valence-electron chi connectivity index (χ1n) is 8.47. The standard InChI is InChI=1S/C18H18IN3O5S/c19-13-4-6-15(7-5-13)28(26,27)22-10-9-21(12-16(22)18(24)25)17(23)11-14-3-1-2-8-20-14/h1-8,16H,9-12H2,(H,24,25). The third-order valence-electron chi connectivity index (χ3n) is 4.45. The van der Waals surface area contributed by atoms with Gasteiger partial charge in [-0.15, -0.1) is 0 Å². The molecule has 8 nitrogen and oxygen atoms in total. The first-order chi connectivity index (χ1) is 13.3. The zero-order valence-electron chi connectivity index (χ0n) is 14.7. The first kappa shape index (κ1) is 20.7. The molecule has 1 N–H and O–H groups in total. The third-order valence-corrected chi connectivity index (χ3v) is 7.09. The number of nitrogens with zero attached hydrogens (tertiary/aromatic N) is 3. The van der Waals surface area contributed by atoms with Crippen molar-refractivity contribution >= 4 is 44.5 Å². The summed E-state index contributed by atoms with van der Waals surface area (Å²) >= 11 is 2.06. The summed E-state index contributed by atoms with van der Waals surface area (Å²) in [5, 5.41) is 9.59. The number of carboxylic acid groups (broad SMARTS) is 1. The predicted octanol–water partition coefficient (Wildman–Crippen LogP) is 1.21. The molecule has 0 radical (unpaired) electrons. The molecule has 0 aliphatic carbocycles. The van der Waals surface area contributed by atoms with Crippen LogP contribution in [0.2, 0.25) is 0 Å². The number of sulfonamides is 1. The lowest BCUT2D eigenvalue weighted by Gasteiger charge is -2.38. The van der Waals surface area contributed by atoms with E-state index in [1.54, 1.807) is 36.5 Å². The number of aliphatic carboxylic acids is 1. The van der Waals surface area contributed by atoms with Gasteiger partial charge in [-0.2, -0.15) is 4.31 Å². The molecule has 1 fully saturated rings. The molecule has 0 bridgehead atoms. The molecule has 1 unspecified atom stereocenters. The van der Waals surface area contributed by atoms with Gasteiger partial charge in [0.2, 0.25) is 15.9 Å². The lowest BCUT2D eigenvalue weighted by molar-refractivity contribution is -0.145. The molecule has 148 valence electrons. The van der Waals surface area contributed by atoms with Crippen LogP contribution in [0, 0.1) is 3.57 Å². The van der Waals surface area contributed by atoms with E-state index in [4.69, 9.17) is 0 Å². The van der Waals surface area contributed by atoms with Crippen molar-refractivity contribution in [3.8, 4) is 0 Å². The number of piperazine rings is 1. The molecular formula is C18H18IN3O5S. The maximum atomic E-state index is 12.9. The smallest absolute Gasteiger partial charge is 0.323 e. The highest BCUT2D eigenvalue weighted by atomic mass is 127. The van der Waals surface area contributed by atoms with Crippen molar-refractivity contribution in [3.05, 3.63) is 57.9 Å². The normalized spacial score (nSPS) is 18.0. The number of benzene rings is 1. The minimum absolute atomic E-state index is 0.0347. The minimum Gasteiger partial charge on any atom is -0.480 e. The van der Waals surface area contributed by atoms with Crippen LogP contribution in [0.15, 0.2) is 53.6 Å². The number of aromatic nitrogens is 1. The topological polar surface area (TPSA) is 108 Å². The van der Waals surface area contributed by atoms with Gasteiger partial charge in [-0.05, 0) is 59.0 Å².